The number of carbonyl (C=O) groups excluding carboxylic acids is 1. The molecule has 4 rings (SSSR count). The summed E-state index contributed by atoms with van der Waals surface area (Å²) in [5, 5.41) is 2.08. The Morgan fingerprint density at radius 1 is 1.16 bits per heavy atom. The van der Waals surface area contributed by atoms with Gasteiger partial charge in [0.2, 0.25) is 5.43 Å². The van der Waals surface area contributed by atoms with Crippen molar-refractivity contribution in [2.45, 2.75) is 67.2 Å². The SMILES string of the molecule is CC.CC.CCCc1c(N2CCCC2)c(F)cc2c(=O)c(C(=O)OCC)c3sccn3c12. The largest absolute Gasteiger partial charge is 0.462 e. The summed E-state index contributed by atoms with van der Waals surface area (Å²) in [6.45, 7) is 13.6. The second-order valence-electron chi connectivity index (χ2n) is 7.03. The lowest BCUT2D eigenvalue weighted by molar-refractivity contribution is 0.0527. The van der Waals surface area contributed by atoms with Crippen LogP contribution in [0.3, 0.4) is 0 Å². The van der Waals surface area contributed by atoms with E-state index in [4.69, 9.17) is 4.74 Å². The molecule has 1 aromatic carbocycles. The molecule has 1 fully saturated rings. The van der Waals surface area contributed by atoms with Crippen LogP contribution in [-0.2, 0) is 11.2 Å². The molecule has 0 amide bonds. The van der Waals surface area contributed by atoms with Crippen LogP contribution in [0.15, 0.2) is 22.4 Å². The number of hydrogen-bond donors (Lipinski definition) is 0. The predicted molar refractivity (Wildman–Crippen MR) is 133 cm³/mol. The molecule has 3 heterocycles. The van der Waals surface area contributed by atoms with Gasteiger partial charge in [0.1, 0.15) is 16.2 Å². The van der Waals surface area contributed by atoms with Gasteiger partial charge in [0, 0.05) is 30.2 Å². The number of nitrogens with zero attached hydrogens (tertiary/aromatic N) is 2. The quantitative estimate of drug-likeness (QED) is 0.410. The number of rotatable bonds is 5. The molecule has 7 heteroatoms. The van der Waals surface area contributed by atoms with Crippen molar-refractivity contribution in [3.63, 3.8) is 0 Å². The van der Waals surface area contributed by atoms with E-state index in [0.29, 0.717) is 22.5 Å². The maximum atomic E-state index is 15.2. The van der Waals surface area contributed by atoms with E-state index < -0.39 is 11.4 Å². The molecule has 0 unspecified atom stereocenters. The van der Waals surface area contributed by atoms with Crippen molar-refractivity contribution in [1.82, 2.24) is 4.40 Å². The van der Waals surface area contributed by atoms with Crippen molar-refractivity contribution in [1.29, 1.82) is 0 Å². The summed E-state index contributed by atoms with van der Waals surface area (Å²) in [4.78, 5) is 28.3. The van der Waals surface area contributed by atoms with Gasteiger partial charge in [-0.05, 0) is 32.3 Å². The molecule has 3 aromatic rings. The summed E-state index contributed by atoms with van der Waals surface area (Å²) in [7, 11) is 0. The zero-order valence-electron chi connectivity index (χ0n) is 20.1. The summed E-state index contributed by atoms with van der Waals surface area (Å²) in [5.41, 5.74) is 1.69. The maximum Gasteiger partial charge on any atom is 0.345 e. The number of pyridine rings is 1. The number of hydrogen-bond acceptors (Lipinski definition) is 5. The van der Waals surface area contributed by atoms with Gasteiger partial charge in [-0.15, -0.1) is 11.3 Å². The van der Waals surface area contributed by atoms with Crippen LogP contribution in [0, 0.1) is 5.82 Å². The van der Waals surface area contributed by atoms with E-state index in [1.807, 2.05) is 50.6 Å². The van der Waals surface area contributed by atoms with Gasteiger partial charge in [-0.1, -0.05) is 41.0 Å². The lowest BCUT2D eigenvalue weighted by Crippen LogP contribution is -2.24. The van der Waals surface area contributed by atoms with E-state index in [2.05, 4.69) is 4.90 Å². The molecule has 176 valence electrons. The topological polar surface area (TPSA) is 51.0 Å². The first kappa shape index (κ1) is 25.8. The molecule has 1 saturated heterocycles. The average molecular weight is 463 g/mol. The molecule has 0 bridgehead atoms. The minimum Gasteiger partial charge on any atom is -0.462 e. The van der Waals surface area contributed by atoms with Gasteiger partial charge in [0.25, 0.3) is 0 Å². The number of ether oxygens (including phenoxy) is 1. The Kier molecular flexibility index (Phi) is 9.69. The number of benzene rings is 1. The summed E-state index contributed by atoms with van der Waals surface area (Å²) in [6, 6.07) is 1.30. The molecule has 0 spiro atoms. The van der Waals surface area contributed by atoms with Crippen molar-refractivity contribution >= 4 is 38.7 Å². The first-order valence-electron chi connectivity index (χ1n) is 11.8. The number of anilines is 1. The Hall–Kier alpha value is -2.41. The van der Waals surface area contributed by atoms with Gasteiger partial charge < -0.3 is 14.0 Å². The van der Waals surface area contributed by atoms with Gasteiger partial charge in [0.15, 0.2) is 0 Å². The summed E-state index contributed by atoms with van der Waals surface area (Å²) >= 11 is 1.32. The summed E-state index contributed by atoms with van der Waals surface area (Å²) < 4.78 is 22.2. The van der Waals surface area contributed by atoms with Gasteiger partial charge in [0.05, 0.1) is 23.2 Å². The molecule has 0 atom stereocenters. The minimum atomic E-state index is -0.657. The lowest BCUT2D eigenvalue weighted by atomic mass is 10.00. The Labute approximate surface area is 193 Å². The molecule has 0 saturated carbocycles. The van der Waals surface area contributed by atoms with Crippen LogP contribution < -0.4 is 10.3 Å². The Morgan fingerprint density at radius 3 is 2.41 bits per heavy atom. The van der Waals surface area contributed by atoms with Crippen molar-refractivity contribution in [2.75, 3.05) is 24.6 Å². The highest BCUT2D eigenvalue weighted by atomic mass is 32.1. The average Bonchev–Trinajstić information content (AvgIpc) is 3.50. The Morgan fingerprint density at radius 2 is 1.81 bits per heavy atom. The maximum absolute atomic E-state index is 15.2. The number of halogens is 1. The monoisotopic (exact) mass is 462 g/mol. The van der Waals surface area contributed by atoms with Crippen LogP contribution in [0.4, 0.5) is 10.1 Å². The summed E-state index contributed by atoms with van der Waals surface area (Å²) in [6.07, 6.45) is 5.42. The zero-order valence-corrected chi connectivity index (χ0v) is 20.9. The Balaban J connectivity index is 0.000000860. The standard InChI is InChI=1S/C21H23FN2O3S.2C2H6/c1-3-7-13-17-14(12-15(22)18(13)23-8-5-6-9-23)19(25)16(21(26)27-4-2)20-24(17)10-11-28-20;2*1-2/h10-12H,3-9H2,1-2H3;2*1-2H3. The number of fused-ring (bicyclic) bond motifs is 3. The van der Waals surface area contributed by atoms with Crippen LogP contribution in [-0.4, -0.2) is 30.1 Å². The van der Waals surface area contributed by atoms with E-state index in [1.54, 1.807) is 6.92 Å². The number of aromatic nitrogens is 1. The van der Waals surface area contributed by atoms with Gasteiger partial charge in [-0.2, -0.15) is 0 Å². The van der Waals surface area contributed by atoms with E-state index in [9.17, 15) is 9.59 Å². The fraction of sp³-hybridized carbons (Fsp3) is 0.520. The van der Waals surface area contributed by atoms with Crippen LogP contribution in [0.2, 0.25) is 0 Å². The van der Waals surface area contributed by atoms with Crippen LogP contribution >= 0.6 is 11.3 Å². The first-order chi connectivity index (χ1) is 15.6. The second-order valence-corrected chi connectivity index (χ2v) is 7.92. The molecule has 0 radical (unpaired) electrons. The number of carbonyl (C=O) groups is 1. The van der Waals surface area contributed by atoms with Gasteiger partial charge in [-0.3, -0.25) is 4.79 Å². The van der Waals surface area contributed by atoms with Crippen molar-refractivity contribution in [3.8, 4) is 0 Å². The third-order valence-electron chi connectivity index (χ3n) is 5.26. The first-order valence-corrected chi connectivity index (χ1v) is 12.6. The highest BCUT2D eigenvalue weighted by Gasteiger charge is 2.27. The Bertz CT molecular complexity index is 1110. The lowest BCUT2D eigenvalue weighted by Gasteiger charge is -2.24. The molecule has 2 aromatic heterocycles. The molecular formula is C25H35FN2O3S. The third kappa shape index (κ3) is 4.68. The molecule has 32 heavy (non-hydrogen) atoms. The van der Waals surface area contributed by atoms with Crippen LogP contribution in [0.25, 0.3) is 15.7 Å². The third-order valence-corrected chi connectivity index (χ3v) is 6.14. The molecule has 1 aliphatic rings. The highest BCUT2D eigenvalue weighted by molar-refractivity contribution is 7.16. The number of esters is 1. The zero-order chi connectivity index (χ0) is 23.8. The van der Waals surface area contributed by atoms with Crippen LogP contribution in [0.5, 0.6) is 0 Å². The second kappa shape index (κ2) is 12.0. The molecule has 0 aliphatic carbocycles. The molecular weight excluding hydrogens is 427 g/mol. The normalized spacial score (nSPS) is 12.9. The van der Waals surface area contributed by atoms with Crippen LogP contribution in [0.1, 0.15) is 76.7 Å². The number of thiazole rings is 1. The predicted octanol–water partition coefficient (Wildman–Crippen LogP) is 6.44. The smallest absolute Gasteiger partial charge is 0.345 e. The van der Waals surface area contributed by atoms with Gasteiger partial charge >= 0.3 is 5.97 Å². The van der Waals surface area contributed by atoms with Gasteiger partial charge in [-0.25, -0.2) is 9.18 Å². The highest BCUT2D eigenvalue weighted by Crippen LogP contribution is 2.35. The van der Waals surface area contributed by atoms with E-state index in [0.717, 1.165) is 37.9 Å². The number of aryl methyl sites for hydroxylation is 1. The van der Waals surface area contributed by atoms with E-state index in [1.165, 1.54) is 17.4 Å². The van der Waals surface area contributed by atoms with E-state index in [-0.39, 0.29) is 23.4 Å². The molecule has 1 aliphatic heterocycles. The fourth-order valence-corrected chi connectivity index (χ4v) is 5.02. The minimum absolute atomic E-state index is 0.0138. The summed E-state index contributed by atoms with van der Waals surface area (Å²) in [5.74, 6) is -1.05. The van der Waals surface area contributed by atoms with Crippen molar-refractivity contribution < 1.29 is 13.9 Å². The van der Waals surface area contributed by atoms with Crippen molar-refractivity contribution in [3.05, 3.63) is 44.8 Å². The van der Waals surface area contributed by atoms with E-state index >= 15 is 4.39 Å². The molecule has 0 N–H and O–H groups in total. The van der Waals surface area contributed by atoms with Crippen molar-refractivity contribution in [2.24, 2.45) is 0 Å². The molecule has 5 nitrogen and oxygen atoms in total. The fourth-order valence-electron chi connectivity index (χ4n) is 4.15.